The molecular formula is C9H15BO3. The average Bonchev–Trinajstić information content (AvgIpc) is 2.15. The van der Waals surface area contributed by atoms with Crippen LogP contribution in [0.1, 0.15) is 38.5 Å². The number of carbonyl (C=O) groups excluding carboxylic acids is 1. The molecule has 72 valence electrons. The topological polar surface area (TPSA) is 57.5 Å². The van der Waals surface area contributed by atoms with E-state index in [0.29, 0.717) is 6.42 Å². The molecule has 2 rings (SSSR count). The van der Waals surface area contributed by atoms with Gasteiger partial charge in [0.2, 0.25) is 0 Å². The fourth-order valence-corrected chi connectivity index (χ4v) is 2.90. The lowest BCUT2D eigenvalue weighted by molar-refractivity contribution is -0.141. The molecule has 3 nitrogen and oxygen atoms in total. The van der Waals surface area contributed by atoms with E-state index in [9.17, 15) is 4.79 Å². The molecule has 0 aromatic heterocycles. The van der Waals surface area contributed by atoms with Crippen molar-refractivity contribution in [2.24, 2.45) is 5.41 Å². The minimum absolute atomic E-state index is 0.180. The summed E-state index contributed by atoms with van der Waals surface area (Å²) in [6, 6.07) is 0. The molecule has 0 aromatic rings. The van der Waals surface area contributed by atoms with Gasteiger partial charge < -0.3 is 10.0 Å². The van der Waals surface area contributed by atoms with Crippen LogP contribution < -0.4 is 0 Å². The summed E-state index contributed by atoms with van der Waals surface area (Å²) >= 11 is 0. The van der Waals surface area contributed by atoms with Crippen molar-refractivity contribution in [2.45, 2.75) is 44.3 Å². The zero-order chi connectivity index (χ0) is 9.47. The number of hydrogen-bond acceptors (Lipinski definition) is 3. The summed E-state index contributed by atoms with van der Waals surface area (Å²) in [5, 5.41) is 18.2. The van der Waals surface area contributed by atoms with Gasteiger partial charge >= 0.3 is 7.12 Å². The van der Waals surface area contributed by atoms with Crippen molar-refractivity contribution in [3.8, 4) is 0 Å². The molecule has 0 aromatic carbocycles. The molecule has 1 atom stereocenters. The number of ketones is 1. The van der Waals surface area contributed by atoms with Crippen LogP contribution in [0.2, 0.25) is 5.82 Å². The summed E-state index contributed by atoms with van der Waals surface area (Å²) in [4.78, 5) is 11.5. The van der Waals surface area contributed by atoms with Gasteiger partial charge in [-0.3, -0.25) is 4.79 Å². The standard InChI is InChI=1S/C9H15BO3/c11-8-6-7(10(12)13)9(8)4-2-1-3-5-9/h7,12-13H,1-6H2. The zero-order valence-corrected chi connectivity index (χ0v) is 7.70. The van der Waals surface area contributed by atoms with Crippen LogP contribution >= 0.6 is 0 Å². The molecule has 2 fully saturated rings. The second kappa shape index (κ2) is 3.10. The maximum atomic E-state index is 11.5. The Morgan fingerprint density at radius 2 is 1.85 bits per heavy atom. The maximum absolute atomic E-state index is 11.5. The first kappa shape index (κ1) is 9.22. The smallest absolute Gasteiger partial charge is 0.427 e. The van der Waals surface area contributed by atoms with E-state index in [4.69, 9.17) is 10.0 Å². The minimum Gasteiger partial charge on any atom is -0.427 e. The Morgan fingerprint density at radius 1 is 1.23 bits per heavy atom. The summed E-state index contributed by atoms with van der Waals surface area (Å²) in [5.74, 6) is 0.0746. The molecule has 2 aliphatic carbocycles. The molecule has 1 unspecified atom stereocenters. The van der Waals surface area contributed by atoms with E-state index in [1.54, 1.807) is 0 Å². The first-order chi connectivity index (χ1) is 6.17. The zero-order valence-electron chi connectivity index (χ0n) is 7.70. The van der Waals surface area contributed by atoms with Crippen LogP contribution in [-0.4, -0.2) is 22.9 Å². The Kier molecular flexibility index (Phi) is 2.20. The van der Waals surface area contributed by atoms with E-state index in [0.717, 1.165) is 25.7 Å². The summed E-state index contributed by atoms with van der Waals surface area (Å²) < 4.78 is 0. The quantitative estimate of drug-likeness (QED) is 0.588. The predicted molar refractivity (Wildman–Crippen MR) is 49.1 cm³/mol. The number of rotatable bonds is 1. The molecule has 0 aliphatic heterocycles. The van der Waals surface area contributed by atoms with E-state index in [-0.39, 0.29) is 17.0 Å². The fourth-order valence-electron chi connectivity index (χ4n) is 2.90. The van der Waals surface area contributed by atoms with Crippen LogP contribution in [0.15, 0.2) is 0 Å². The van der Waals surface area contributed by atoms with Gasteiger partial charge in [0.25, 0.3) is 0 Å². The predicted octanol–water partition coefficient (Wildman–Crippen LogP) is 0.753. The lowest BCUT2D eigenvalue weighted by atomic mass is 9.42. The molecule has 2 N–H and O–H groups in total. The largest absolute Gasteiger partial charge is 0.456 e. The van der Waals surface area contributed by atoms with Crippen molar-refractivity contribution < 1.29 is 14.8 Å². The molecule has 13 heavy (non-hydrogen) atoms. The highest BCUT2D eigenvalue weighted by Gasteiger charge is 2.58. The molecule has 0 heterocycles. The molecule has 0 amide bonds. The second-order valence-electron chi connectivity index (χ2n) is 4.36. The molecule has 2 aliphatic rings. The van der Waals surface area contributed by atoms with Crippen molar-refractivity contribution in [2.75, 3.05) is 0 Å². The van der Waals surface area contributed by atoms with Gasteiger partial charge in [0, 0.05) is 17.7 Å². The Morgan fingerprint density at radius 3 is 2.31 bits per heavy atom. The highest BCUT2D eigenvalue weighted by molar-refractivity contribution is 6.46. The SMILES string of the molecule is O=C1CC(B(O)O)C12CCCCC2. The Hall–Kier alpha value is -0.345. The van der Waals surface area contributed by atoms with Crippen LogP contribution in [0.25, 0.3) is 0 Å². The molecule has 0 saturated heterocycles. The van der Waals surface area contributed by atoms with Crippen LogP contribution in [-0.2, 0) is 4.79 Å². The fraction of sp³-hybridized carbons (Fsp3) is 0.889. The molecule has 0 bridgehead atoms. The maximum Gasteiger partial charge on any atom is 0.456 e. The van der Waals surface area contributed by atoms with Crippen molar-refractivity contribution in [1.29, 1.82) is 0 Å². The lowest BCUT2D eigenvalue weighted by Crippen LogP contribution is -2.53. The van der Waals surface area contributed by atoms with Crippen LogP contribution in [0.3, 0.4) is 0 Å². The number of hydrogen-bond donors (Lipinski definition) is 2. The summed E-state index contributed by atoms with van der Waals surface area (Å²) in [7, 11) is -1.30. The molecule has 0 radical (unpaired) electrons. The van der Waals surface area contributed by atoms with Crippen molar-refractivity contribution in [1.82, 2.24) is 0 Å². The van der Waals surface area contributed by atoms with Crippen molar-refractivity contribution >= 4 is 12.9 Å². The van der Waals surface area contributed by atoms with Gasteiger partial charge in [-0.25, -0.2) is 0 Å². The van der Waals surface area contributed by atoms with Crippen molar-refractivity contribution in [3.63, 3.8) is 0 Å². The van der Waals surface area contributed by atoms with E-state index in [1.807, 2.05) is 0 Å². The Bertz CT molecular complexity index is 221. The third kappa shape index (κ3) is 1.24. The Labute approximate surface area is 78.3 Å². The second-order valence-corrected chi connectivity index (χ2v) is 4.36. The van der Waals surface area contributed by atoms with Crippen molar-refractivity contribution in [3.05, 3.63) is 0 Å². The van der Waals surface area contributed by atoms with E-state index in [2.05, 4.69) is 0 Å². The summed E-state index contributed by atoms with van der Waals surface area (Å²) in [6.45, 7) is 0. The van der Waals surface area contributed by atoms with Gasteiger partial charge in [0.15, 0.2) is 0 Å². The number of carbonyl (C=O) groups is 1. The van der Waals surface area contributed by atoms with Crippen LogP contribution in [0.5, 0.6) is 0 Å². The lowest BCUT2D eigenvalue weighted by Gasteiger charge is -2.49. The molecule has 4 heteroatoms. The molecule has 1 spiro atoms. The van der Waals surface area contributed by atoms with Crippen LogP contribution in [0.4, 0.5) is 0 Å². The molecule has 2 saturated carbocycles. The van der Waals surface area contributed by atoms with Gasteiger partial charge in [-0.05, 0) is 12.8 Å². The van der Waals surface area contributed by atoms with E-state index in [1.165, 1.54) is 6.42 Å². The van der Waals surface area contributed by atoms with Gasteiger partial charge in [-0.15, -0.1) is 0 Å². The van der Waals surface area contributed by atoms with Gasteiger partial charge in [-0.2, -0.15) is 0 Å². The van der Waals surface area contributed by atoms with E-state index < -0.39 is 7.12 Å². The first-order valence-electron chi connectivity index (χ1n) is 5.06. The highest BCUT2D eigenvalue weighted by atomic mass is 16.4. The monoisotopic (exact) mass is 182 g/mol. The third-order valence-corrected chi connectivity index (χ3v) is 3.78. The van der Waals surface area contributed by atoms with Gasteiger partial charge in [-0.1, -0.05) is 19.3 Å². The first-order valence-corrected chi connectivity index (χ1v) is 5.06. The van der Waals surface area contributed by atoms with Gasteiger partial charge in [0.05, 0.1) is 0 Å². The third-order valence-electron chi connectivity index (χ3n) is 3.78. The summed E-state index contributed by atoms with van der Waals surface area (Å²) in [5.41, 5.74) is -0.341. The summed E-state index contributed by atoms with van der Waals surface area (Å²) in [6.07, 6.45) is 5.42. The van der Waals surface area contributed by atoms with Gasteiger partial charge in [0.1, 0.15) is 5.78 Å². The van der Waals surface area contributed by atoms with Crippen LogP contribution in [0, 0.1) is 5.41 Å². The normalized spacial score (nSPS) is 31.5. The minimum atomic E-state index is -1.30. The number of Topliss-reactive ketones (excluding diaryl/α,β-unsaturated/α-hetero) is 1. The molecular weight excluding hydrogens is 167 g/mol. The average molecular weight is 182 g/mol. The van der Waals surface area contributed by atoms with E-state index >= 15 is 0 Å². The Balaban J connectivity index is 2.13. The highest BCUT2D eigenvalue weighted by Crippen LogP contribution is 2.57.